The lowest BCUT2D eigenvalue weighted by Crippen LogP contribution is -2.36. The van der Waals surface area contributed by atoms with Gasteiger partial charge in [0.1, 0.15) is 5.15 Å². The third-order valence-electron chi connectivity index (χ3n) is 3.27. The van der Waals surface area contributed by atoms with E-state index in [0.717, 1.165) is 23.7 Å². The molecule has 0 atom stereocenters. The van der Waals surface area contributed by atoms with Crippen molar-refractivity contribution in [2.75, 3.05) is 0 Å². The van der Waals surface area contributed by atoms with Crippen LogP contribution in [0.25, 0.3) is 11.1 Å². The molecule has 0 unspecified atom stereocenters. The van der Waals surface area contributed by atoms with Crippen LogP contribution in [-0.4, -0.2) is 9.55 Å². The van der Waals surface area contributed by atoms with Gasteiger partial charge in [0.15, 0.2) is 0 Å². The highest BCUT2D eigenvalue weighted by atomic mass is 79.9. The van der Waals surface area contributed by atoms with Crippen molar-refractivity contribution in [3.63, 3.8) is 0 Å². The fourth-order valence-corrected chi connectivity index (χ4v) is 2.91. The number of halogens is 2. The molecule has 0 saturated carbocycles. The fraction of sp³-hybridized carbons (Fsp3) is 0.333. The zero-order valence-corrected chi connectivity index (χ0v) is 14.0. The summed E-state index contributed by atoms with van der Waals surface area (Å²) >= 11 is 9.49. The lowest BCUT2D eigenvalue weighted by atomic mass is 10.1. The zero-order chi connectivity index (χ0) is 15.4. The van der Waals surface area contributed by atoms with E-state index in [9.17, 15) is 9.59 Å². The van der Waals surface area contributed by atoms with Gasteiger partial charge in [-0.1, -0.05) is 65.5 Å². The second-order valence-corrected chi connectivity index (χ2v) is 6.00. The predicted molar refractivity (Wildman–Crippen MR) is 89.0 cm³/mol. The molecule has 1 N–H and O–H groups in total. The first-order chi connectivity index (χ1) is 10.1. The van der Waals surface area contributed by atoms with Gasteiger partial charge in [-0.25, -0.2) is 4.79 Å². The third kappa shape index (κ3) is 3.47. The molecule has 0 amide bonds. The van der Waals surface area contributed by atoms with Gasteiger partial charge in [-0.3, -0.25) is 14.3 Å². The molecule has 1 aromatic carbocycles. The van der Waals surface area contributed by atoms with Gasteiger partial charge < -0.3 is 0 Å². The lowest BCUT2D eigenvalue weighted by Gasteiger charge is -2.10. The first-order valence-electron chi connectivity index (χ1n) is 6.83. The van der Waals surface area contributed by atoms with Crippen molar-refractivity contribution in [3.8, 4) is 11.1 Å². The van der Waals surface area contributed by atoms with Crippen molar-refractivity contribution in [1.82, 2.24) is 9.55 Å². The highest BCUT2D eigenvalue weighted by Crippen LogP contribution is 2.28. The average Bonchev–Trinajstić information content (AvgIpc) is 2.44. The van der Waals surface area contributed by atoms with Crippen LogP contribution in [0.2, 0.25) is 5.15 Å². The molecule has 0 aliphatic carbocycles. The summed E-state index contributed by atoms with van der Waals surface area (Å²) in [5.74, 6) is 0. The standard InChI is InChI=1S/C15H16BrClN2O2/c1-2-3-6-9-19-14(20)12(13(17)18-15(19)21)10-7-4-5-8-11(10)16/h4-5,7-8H,2-3,6,9H2,1H3,(H,18,21). The van der Waals surface area contributed by atoms with Crippen molar-refractivity contribution < 1.29 is 0 Å². The number of benzene rings is 1. The Balaban J connectivity index is 2.57. The first kappa shape index (κ1) is 16.0. The van der Waals surface area contributed by atoms with E-state index >= 15 is 0 Å². The van der Waals surface area contributed by atoms with Crippen molar-refractivity contribution in [2.45, 2.75) is 32.7 Å². The molecule has 0 saturated heterocycles. The molecular formula is C15H16BrClN2O2. The van der Waals surface area contributed by atoms with E-state index < -0.39 is 5.69 Å². The van der Waals surface area contributed by atoms with Crippen LogP contribution in [0.4, 0.5) is 0 Å². The Kier molecular flexibility index (Phi) is 5.42. The Morgan fingerprint density at radius 3 is 2.62 bits per heavy atom. The van der Waals surface area contributed by atoms with Crippen LogP contribution in [-0.2, 0) is 6.54 Å². The quantitative estimate of drug-likeness (QED) is 0.642. The number of rotatable bonds is 5. The minimum Gasteiger partial charge on any atom is -0.297 e. The predicted octanol–water partition coefficient (Wildman–Crippen LogP) is 3.81. The van der Waals surface area contributed by atoms with E-state index in [1.165, 1.54) is 4.57 Å². The lowest BCUT2D eigenvalue weighted by molar-refractivity contribution is 0.564. The number of hydrogen-bond acceptors (Lipinski definition) is 2. The molecule has 4 nitrogen and oxygen atoms in total. The molecule has 0 fully saturated rings. The Labute approximate surface area is 135 Å². The number of hydrogen-bond donors (Lipinski definition) is 1. The summed E-state index contributed by atoms with van der Waals surface area (Å²) in [4.78, 5) is 27.1. The highest BCUT2D eigenvalue weighted by molar-refractivity contribution is 9.10. The SMILES string of the molecule is CCCCCn1c(=O)[nH]c(Cl)c(-c2ccccc2Br)c1=O. The molecule has 6 heteroatoms. The number of aromatic amines is 1. The molecule has 0 radical (unpaired) electrons. The van der Waals surface area contributed by atoms with Crippen LogP contribution in [0.5, 0.6) is 0 Å². The number of nitrogens with zero attached hydrogens (tertiary/aromatic N) is 1. The van der Waals surface area contributed by atoms with Gasteiger partial charge >= 0.3 is 5.69 Å². The Morgan fingerprint density at radius 2 is 1.95 bits per heavy atom. The number of unbranched alkanes of at least 4 members (excludes halogenated alkanes) is 2. The minimum absolute atomic E-state index is 0.0728. The van der Waals surface area contributed by atoms with E-state index in [1.54, 1.807) is 6.07 Å². The summed E-state index contributed by atoms with van der Waals surface area (Å²) in [5, 5.41) is 0.0728. The van der Waals surface area contributed by atoms with Crippen molar-refractivity contribution >= 4 is 27.5 Å². The maximum absolute atomic E-state index is 12.6. The van der Waals surface area contributed by atoms with Gasteiger partial charge in [0, 0.05) is 16.6 Å². The third-order valence-corrected chi connectivity index (χ3v) is 4.24. The minimum atomic E-state index is -0.461. The summed E-state index contributed by atoms with van der Waals surface area (Å²) in [7, 11) is 0. The highest BCUT2D eigenvalue weighted by Gasteiger charge is 2.16. The molecule has 0 bridgehead atoms. The Morgan fingerprint density at radius 1 is 1.24 bits per heavy atom. The van der Waals surface area contributed by atoms with Crippen LogP contribution in [0, 0.1) is 0 Å². The van der Waals surface area contributed by atoms with Gasteiger partial charge in [0.2, 0.25) is 0 Å². The summed E-state index contributed by atoms with van der Waals surface area (Å²) in [5.41, 5.74) is 0.178. The molecule has 0 aliphatic heterocycles. The van der Waals surface area contributed by atoms with E-state index in [-0.39, 0.29) is 10.7 Å². The summed E-state index contributed by atoms with van der Waals surface area (Å²) < 4.78 is 1.98. The van der Waals surface area contributed by atoms with E-state index in [4.69, 9.17) is 11.6 Å². The van der Waals surface area contributed by atoms with Crippen LogP contribution in [0.15, 0.2) is 38.3 Å². The second-order valence-electron chi connectivity index (χ2n) is 4.76. The molecular weight excluding hydrogens is 356 g/mol. The molecule has 2 rings (SSSR count). The first-order valence-corrected chi connectivity index (χ1v) is 8.01. The molecule has 112 valence electrons. The van der Waals surface area contributed by atoms with Crippen LogP contribution < -0.4 is 11.2 Å². The van der Waals surface area contributed by atoms with Crippen LogP contribution in [0.3, 0.4) is 0 Å². The molecule has 2 aromatic rings. The van der Waals surface area contributed by atoms with Crippen molar-refractivity contribution in [3.05, 3.63) is 54.7 Å². The van der Waals surface area contributed by atoms with E-state index in [2.05, 4.69) is 27.8 Å². The maximum Gasteiger partial charge on any atom is 0.329 e. The largest absolute Gasteiger partial charge is 0.329 e. The summed E-state index contributed by atoms with van der Waals surface area (Å²) in [6.45, 7) is 2.47. The second kappa shape index (κ2) is 7.09. The van der Waals surface area contributed by atoms with Crippen LogP contribution in [0.1, 0.15) is 26.2 Å². The van der Waals surface area contributed by atoms with Gasteiger partial charge in [-0.05, 0) is 12.5 Å². The van der Waals surface area contributed by atoms with Crippen molar-refractivity contribution in [1.29, 1.82) is 0 Å². The Bertz CT molecular complexity index is 752. The summed E-state index contributed by atoms with van der Waals surface area (Å²) in [6.07, 6.45) is 2.78. The monoisotopic (exact) mass is 370 g/mol. The molecule has 1 aromatic heterocycles. The summed E-state index contributed by atoms with van der Waals surface area (Å²) in [6, 6.07) is 7.30. The van der Waals surface area contributed by atoms with E-state index in [1.807, 2.05) is 18.2 Å². The van der Waals surface area contributed by atoms with E-state index in [0.29, 0.717) is 17.7 Å². The molecule has 1 heterocycles. The average molecular weight is 372 g/mol. The molecule has 21 heavy (non-hydrogen) atoms. The fourth-order valence-electron chi connectivity index (χ4n) is 2.17. The van der Waals surface area contributed by atoms with Gasteiger partial charge in [0.05, 0.1) is 5.56 Å². The van der Waals surface area contributed by atoms with Crippen molar-refractivity contribution in [2.24, 2.45) is 0 Å². The number of H-pyrrole nitrogens is 1. The van der Waals surface area contributed by atoms with Gasteiger partial charge in [-0.15, -0.1) is 0 Å². The maximum atomic E-state index is 12.6. The molecule has 0 spiro atoms. The normalized spacial score (nSPS) is 10.8. The van der Waals surface area contributed by atoms with Gasteiger partial charge in [0.25, 0.3) is 5.56 Å². The topological polar surface area (TPSA) is 54.9 Å². The molecule has 0 aliphatic rings. The van der Waals surface area contributed by atoms with Crippen LogP contribution >= 0.6 is 27.5 Å². The Hall–Kier alpha value is -1.33. The van der Waals surface area contributed by atoms with Gasteiger partial charge in [-0.2, -0.15) is 0 Å². The zero-order valence-electron chi connectivity index (χ0n) is 11.7. The number of nitrogens with one attached hydrogen (secondary N) is 1. The smallest absolute Gasteiger partial charge is 0.297 e. The number of aromatic nitrogens is 2.